The van der Waals surface area contributed by atoms with Crippen LogP contribution in [0.3, 0.4) is 0 Å². The molecular formula is C50H53N3O8. The smallest absolute Gasteiger partial charge is 0.335 e. The molecule has 316 valence electrons. The molecule has 4 heterocycles. The summed E-state index contributed by atoms with van der Waals surface area (Å²) in [6, 6.07) is 27.0. The van der Waals surface area contributed by atoms with Crippen molar-refractivity contribution in [3.8, 4) is 51.7 Å². The highest BCUT2D eigenvalue weighted by atomic mass is 16.5. The molecule has 0 amide bonds. The van der Waals surface area contributed by atoms with E-state index in [-0.39, 0.29) is 61.7 Å². The predicted molar refractivity (Wildman–Crippen MR) is 237 cm³/mol. The molecule has 1 saturated heterocycles. The molecule has 5 aromatic rings. The third kappa shape index (κ3) is 9.27. The Bertz CT molecular complexity index is 2420. The number of benzene rings is 4. The van der Waals surface area contributed by atoms with Gasteiger partial charge in [-0.1, -0.05) is 115 Å². The van der Waals surface area contributed by atoms with E-state index in [4.69, 9.17) is 23.9 Å². The van der Waals surface area contributed by atoms with Crippen molar-refractivity contribution in [1.82, 2.24) is 10.3 Å². The average Bonchev–Trinajstić information content (AvgIpc) is 3.73. The molecule has 3 aliphatic heterocycles. The van der Waals surface area contributed by atoms with Crippen molar-refractivity contribution in [2.45, 2.75) is 63.2 Å². The van der Waals surface area contributed by atoms with E-state index < -0.39 is 18.1 Å². The Balaban J connectivity index is 1.27. The average molecular weight is 824 g/mol. The molecule has 11 heteroatoms. The first kappa shape index (κ1) is 41.5. The van der Waals surface area contributed by atoms with Crippen molar-refractivity contribution in [3.05, 3.63) is 125 Å². The Hall–Kier alpha value is -6.19. The molecule has 0 spiro atoms. The van der Waals surface area contributed by atoms with E-state index in [9.17, 15) is 20.1 Å². The SMILES string of the molecule is CCc1cc2c([n-]1)N1CCN[C@@H](C#C[C@@H](c3c(OCCCO)c(OC)c(OCC[C@@H](O)/C=C/c4ccccc4)c4c3OC(c3ccc(O)cc3)CC4=[OH+])Cc3cccc-2c3)C1. The molecule has 4 bridgehead atoms. The number of fused-ring (bicyclic) bond motifs is 8. The lowest BCUT2D eigenvalue weighted by Gasteiger charge is -2.40. The maximum absolute atomic E-state index is 12.2. The van der Waals surface area contributed by atoms with Crippen molar-refractivity contribution in [2.75, 3.05) is 51.5 Å². The molecule has 0 saturated carbocycles. The number of hydrogen-bond donors (Lipinski definition) is 4. The van der Waals surface area contributed by atoms with Gasteiger partial charge in [0.25, 0.3) is 0 Å². The molecule has 4 atom stereocenters. The van der Waals surface area contributed by atoms with Crippen molar-refractivity contribution < 1.29 is 39.1 Å². The zero-order valence-electron chi connectivity index (χ0n) is 34.6. The second-order valence-electron chi connectivity index (χ2n) is 15.6. The predicted octanol–water partition coefficient (Wildman–Crippen LogP) is 6.73. The van der Waals surface area contributed by atoms with Crippen LogP contribution >= 0.6 is 0 Å². The minimum Gasteiger partial charge on any atom is -0.508 e. The number of ketones is 1. The fourth-order valence-electron chi connectivity index (χ4n) is 8.25. The third-order valence-electron chi connectivity index (χ3n) is 11.4. The summed E-state index contributed by atoms with van der Waals surface area (Å²) in [5, 5.41) is 34.6. The molecule has 8 rings (SSSR count). The van der Waals surface area contributed by atoms with Gasteiger partial charge in [0.05, 0.1) is 44.0 Å². The van der Waals surface area contributed by atoms with Gasteiger partial charge in [-0.3, -0.25) is 4.79 Å². The number of hydrogen-bond acceptors (Lipinski definition) is 9. The molecule has 3 aliphatic rings. The number of aromatic hydroxyl groups is 1. The molecule has 61 heavy (non-hydrogen) atoms. The summed E-state index contributed by atoms with van der Waals surface area (Å²) in [6.45, 7) is 4.43. The van der Waals surface area contributed by atoms with Crippen molar-refractivity contribution in [1.29, 1.82) is 0 Å². The molecule has 1 fully saturated rings. The second-order valence-corrected chi connectivity index (χ2v) is 15.6. The van der Waals surface area contributed by atoms with Crippen LogP contribution in [0.25, 0.3) is 17.2 Å². The van der Waals surface area contributed by atoms with Crippen LogP contribution < -0.4 is 34.1 Å². The van der Waals surface area contributed by atoms with E-state index in [0.29, 0.717) is 42.0 Å². The lowest BCUT2D eigenvalue weighted by Crippen LogP contribution is -2.50. The zero-order valence-corrected chi connectivity index (χ0v) is 34.6. The molecule has 1 unspecified atom stereocenters. The molecule has 4 aromatic carbocycles. The largest absolute Gasteiger partial charge is 0.508 e. The first-order valence-electron chi connectivity index (χ1n) is 21.1. The summed E-state index contributed by atoms with van der Waals surface area (Å²) in [7, 11) is 1.53. The number of aromatic nitrogens is 1. The number of nitrogens with one attached hydrogen (secondary N) is 1. The Morgan fingerprint density at radius 3 is 2.59 bits per heavy atom. The molecular weight excluding hydrogens is 771 g/mol. The van der Waals surface area contributed by atoms with Gasteiger partial charge in [0, 0.05) is 19.4 Å². The van der Waals surface area contributed by atoms with Crippen molar-refractivity contribution >= 4 is 17.7 Å². The molecule has 11 nitrogen and oxygen atoms in total. The fourth-order valence-corrected chi connectivity index (χ4v) is 8.25. The number of anilines is 1. The van der Waals surface area contributed by atoms with Crippen LogP contribution in [0.15, 0.2) is 91.0 Å². The number of carbonyl (C=O) groups excluding carboxylic acids is 1. The quantitative estimate of drug-likeness (QED) is 0.0540. The summed E-state index contributed by atoms with van der Waals surface area (Å²) in [5.74, 6) is 8.96. The van der Waals surface area contributed by atoms with E-state index in [2.05, 4.69) is 59.3 Å². The van der Waals surface area contributed by atoms with Gasteiger partial charge in [0.1, 0.15) is 24.0 Å². The Morgan fingerprint density at radius 2 is 1.80 bits per heavy atom. The Kier molecular flexibility index (Phi) is 13.0. The maximum atomic E-state index is 12.2. The highest BCUT2D eigenvalue weighted by Crippen LogP contribution is 2.55. The van der Waals surface area contributed by atoms with Crippen LogP contribution in [0.2, 0.25) is 0 Å². The van der Waals surface area contributed by atoms with Gasteiger partial charge in [0.15, 0.2) is 17.1 Å². The van der Waals surface area contributed by atoms with Crippen LogP contribution in [-0.2, 0) is 12.8 Å². The van der Waals surface area contributed by atoms with E-state index in [1.54, 1.807) is 30.3 Å². The minimum atomic E-state index is -0.811. The summed E-state index contributed by atoms with van der Waals surface area (Å²) in [6.07, 6.45) is 4.15. The number of piperazine rings is 1. The number of methoxy groups -OCH3 is 1. The van der Waals surface area contributed by atoms with E-state index in [0.717, 1.165) is 58.8 Å². The number of nitrogens with zero attached hydrogens (tertiary/aromatic N) is 2. The van der Waals surface area contributed by atoms with Gasteiger partial charge < -0.3 is 49.5 Å². The van der Waals surface area contributed by atoms with Crippen LogP contribution in [0.5, 0.6) is 28.7 Å². The Labute approximate surface area is 356 Å². The van der Waals surface area contributed by atoms with Crippen LogP contribution in [0.1, 0.15) is 71.7 Å². The number of aliphatic hydroxyl groups is 2. The summed E-state index contributed by atoms with van der Waals surface area (Å²) in [5.41, 5.74) is 6.88. The van der Waals surface area contributed by atoms with Crippen molar-refractivity contribution in [2.24, 2.45) is 0 Å². The molecule has 0 radical (unpaired) electrons. The van der Waals surface area contributed by atoms with Crippen molar-refractivity contribution in [3.63, 3.8) is 0 Å². The van der Waals surface area contributed by atoms with Gasteiger partial charge in [-0.25, -0.2) is 0 Å². The molecule has 5 N–H and O–H groups in total. The standard InChI is InChI=1S/C50H52N3O8/c1-3-37-29-41-35-12-7-11-33(27-35)28-36(14-17-38-31-53(23-22-51-38)50(41)52-37)44-46-45(42(57)30-43(61-46)34-15-19-39(55)20-16-34)48(49(58-2)47(44)59-25-8-24-54)60-26-21-40(56)18-13-32-9-5-4-6-10-32/h4-7,9-13,15-16,18-20,27,29,36,38,40,43,51,54-56H,3,8,21-26,28,30-31H2,1-2H3/q-1/p+1/b18-13+/t36-,38+,40+,43?/m1/s1. The number of rotatable bonds is 14. The topological polar surface area (TPSA) is 148 Å². The lowest BCUT2D eigenvalue weighted by molar-refractivity contribution is 0.170. The normalized spacial score (nSPS) is 18.7. The van der Waals surface area contributed by atoms with E-state index in [1.807, 2.05) is 36.4 Å². The highest BCUT2D eigenvalue weighted by Gasteiger charge is 2.43. The summed E-state index contributed by atoms with van der Waals surface area (Å²) < 4.78 is 26.3. The minimum absolute atomic E-state index is 0.0240. The molecule has 1 aromatic heterocycles. The Morgan fingerprint density at radius 1 is 0.984 bits per heavy atom. The van der Waals surface area contributed by atoms with Gasteiger partial charge in [0.2, 0.25) is 5.75 Å². The lowest BCUT2D eigenvalue weighted by atomic mass is 9.85. The van der Waals surface area contributed by atoms with E-state index >= 15 is 0 Å². The highest BCUT2D eigenvalue weighted by molar-refractivity contribution is 6.05. The van der Waals surface area contributed by atoms with Crippen LogP contribution in [0.4, 0.5) is 5.82 Å². The van der Waals surface area contributed by atoms with Gasteiger partial charge in [-0.05, 0) is 72.4 Å². The zero-order chi connectivity index (χ0) is 42.3. The number of aliphatic hydroxyl groups excluding tert-OH is 2. The van der Waals surface area contributed by atoms with Crippen LogP contribution in [-0.4, -0.2) is 84.6 Å². The monoisotopic (exact) mass is 823 g/mol. The number of ether oxygens (including phenoxy) is 4. The van der Waals surface area contributed by atoms with Gasteiger partial charge >= 0.3 is 5.78 Å². The second kappa shape index (κ2) is 19.0. The first-order valence-corrected chi connectivity index (χ1v) is 21.1. The third-order valence-corrected chi connectivity index (χ3v) is 11.4. The van der Waals surface area contributed by atoms with Gasteiger partial charge in [-0.15, -0.1) is 0 Å². The summed E-state index contributed by atoms with van der Waals surface area (Å²) in [4.78, 5) is 19.5. The number of phenolic OH excluding ortho intramolecular Hbond substituents is 1. The fraction of sp³-hybridized carbons (Fsp3) is 0.340. The van der Waals surface area contributed by atoms with Gasteiger partial charge in [-0.2, -0.15) is 0 Å². The number of phenols is 1. The first-order chi connectivity index (χ1) is 29.8. The summed E-state index contributed by atoms with van der Waals surface area (Å²) >= 11 is 0. The maximum Gasteiger partial charge on any atom is 0.335 e. The van der Waals surface area contributed by atoms with E-state index in [1.165, 1.54) is 7.11 Å². The molecule has 0 aliphatic carbocycles. The van der Waals surface area contributed by atoms with Crippen LogP contribution in [0, 0.1) is 11.8 Å². The number of aryl methyl sites for hydroxylation is 1.